The van der Waals surface area contributed by atoms with E-state index in [1.807, 2.05) is 19.1 Å². The number of methoxy groups -OCH3 is 1. The molecule has 1 aromatic heterocycles. The van der Waals surface area contributed by atoms with Crippen LogP contribution in [-0.2, 0) is 6.54 Å². The van der Waals surface area contributed by atoms with Crippen LogP contribution >= 0.6 is 0 Å². The van der Waals surface area contributed by atoms with Crippen LogP contribution < -0.4 is 9.47 Å². The quantitative estimate of drug-likeness (QED) is 0.418. The third-order valence-electron chi connectivity index (χ3n) is 6.15. The average Bonchev–Trinajstić information content (AvgIpc) is 2.80. The fourth-order valence-corrected chi connectivity index (χ4v) is 4.49. The molecule has 0 bridgehead atoms. The highest BCUT2D eigenvalue weighted by atomic mass is 16.5. The predicted octanol–water partition coefficient (Wildman–Crippen LogP) is 5.75. The Bertz CT molecular complexity index is 1210. The number of pyridine rings is 1. The Hall–Kier alpha value is -3.11. The average molecular weight is 413 g/mol. The highest BCUT2D eigenvalue weighted by Crippen LogP contribution is 2.29. The van der Waals surface area contributed by atoms with E-state index in [-0.39, 0.29) is 6.10 Å². The number of aromatic nitrogens is 1. The number of ether oxygens (including phenoxy) is 2. The lowest BCUT2D eigenvalue weighted by Crippen LogP contribution is -2.37. The van der Waals surface area contributed by atoms with Gasteiger partial charge < -0.3 is 9.47 Å². The van der Waals surface area contributed by atoms with E-state index in [9.17, 15) is 0 Å². The Balaban J connectivity index is 1.22. The highest BCUT2D eigenvalue weighted by Gasteiger charge is 2.21. The van der Waals surface area contributed by atoms with Gasteiger partial charge in [-0.15, -0.1) is 0 Å². The molecule has 0 radical (unpaired) electrons. The summed E-state index contributed by atoms with van der Waals surface area (Å²) >= 11 is 0. The summed E-state index contributed by atoms with van der Waals surface area (Å²) in [6.45, 7) is 5.11. The van der Waals surface area contributed by atoms with E-state index in [1.54, 1.807) is 7.11 Å². The second-order valence-corrected chi connectivity index (χ2v) is 8.42. The molecular formula is C27H28N2O2. The van der Waals surface area contributed by atoms with Gasteiger partial charge in [0.25, 0.3) is 0 Å². The zero-order valence-electron chi connectivity index (χ0n) is 18.2. The molecule has 4 aromatic rings. The van der Waals surface area contributed by atoms with E-state index in [0.717, 1.165) is 60.6 Å². The number of fused-ring (bicyclic) bond motifs is 2. The monoisotopic (exact) mass is 412 g/mol. The zero-order chi connectivity index (χ0) is 21.2. The van der Waals surface area contributed by atoms with Crippen LogP contribution in [0.15, 0.2) is 66.7 Å². The van der Waals surface area contributed by atoms with Crippen LogP contribution in [0, 0.1) is 6.92 Å². The number of hydrogen-bond acceptors (Lipinski definition) is 4. The fraction of sp³-hybridized carbons (Fsp3) is 0.296. The molecule has 2 heterocycles. The molecule has 0 spiro atoms. The van der Waals surface area contributed by atoms with Crippen LogP contribution in [0.5, 0.6) is 11.5 Å². The van der Waals surface area contributed by atoms with Crippen molar-refractivity contribution in [2.45, 2.75) is 32.4 Å². The molecule has 3 aromatic carbocycles. The standard InChI is InChI=1S/C27H28N2O2/c1-19-15-27(25-5-3-4-6-26(25)28-19)31-23-11-13-29(14-12-23)18-20-7-8-22-17-24(30-2)10-9-21(22)16-20/h3-10,15-17,23H,11-14,18H2,1-2H3. The first-order valence-corrected chi connectivity index (χ1v) is 11.0. The summed E-state index contributed by atoms with van der Waals surface area (Å²) in [5.41, 5.74) is 3.36. The Morgan fingerprint density at radius 3 is 2.55 bits per heavy atom. The largest absolute Gasteiger partial charge is 0.497 e. The van der Waals surface area contributed by atoms with Gasteiger partial charge in [0.1, 0.15) is 17.6 Å². The van der Waals surface area contributed by atoms with Crippen LogP contribution in [0.3, 0.4) is 0 Å². The van der Waals surface area contributed by atoms with E-state index < -0.39 is 0 Å². The van der Waals surface area contributed by atoms with Crippen LogP contribution in [0.4, 0.5) is 0 Å². The van der Waals surface area contributed by atoms with Crippen LogP contribution in [0.2, 0.25) is 0 Å². The van der Waals surface area contributed by atoms with Gasteiger partial charge in [0.05, 0.1) is 12.6 Å². The molecule has 1 aliphatic heterocycles. The normalized spacial score (nSPS) is 15.4. The van der Waals surface area contributed by atoms with Gasteiger partial charge in [-0.2, -0.15) is 0 Å². The van der Waals surface area contributed by atoms with Gasteiger partial charge in [0.2, 0.25) is 0 Å². The lowest BCUT2D eigenvalue weighted by atomic mass is 10.0. The van der Waals surface area contributed by atoms with Gasteiger partial charge in [-0.05, 0) is 66.4 Å². The highest BCUT2D eigenvalue weighted by molar-refractivity contribution is 5.85. The number of benzene rings is 3. The summed E-state index contributed by atoms with van der Waals surface area (Å²) < 4.78 is 11.8. The van der Waals surface area contributed by atoms with Gasteiger partial charge in [-0.1, -0.05) is 30.3 Å². The molecule has 1 fully saturated rings. The van der Waals surface area contributed by atoms with Crippen molar-refractivity contribution in [1.29, 1.82) is 0 Å². The van der Waals surface area contributed by atoms with E-state index in [4.69, 9.17) is 9.47 Å². The topological polar surface area (TPSA) is 34.6 Å². The molecule has 0 unspecified atom stereocenters. The van der Waals surface area contributed by atoms with E-state index in [1.165, 1.54) is 16.3 Å². The van der Waals surface area contributed by atoms with Crippen molar-refractivity contribution in [2.75, 3.05) is 20.2 Å². The Kier molecular flexibility index (Phi) is 5.47. The third-order valence-corrected chi connectivity index (χ3v) is 6.15. The maximum atomic E-state index is 6.45. The smallest absolute Gasteiger partial charge is 0.130 e. The van der Waals surface area contributed by atoms with Gasteiger partial charge in [-0.3, -0.25) is 9.88 Å². The first-order valence-electron chi connectivity index (χ1n) is 11.0. The van der Waals surface area contributed by atoms with Crippen molar-refractivity contribution >= 4 is 21.7 Å². The molecule has 158 valence electrons. The van der Waals surface area contributed by atoms with Gasteiger partial charge in [0, 0.05) is 36.8 Å². The minimum atomic E-state index is 0.255. The lowest BCUT2D eigenvalue weighted by Gasteiger charge is -2.32. The fourth-order valence-electron chi connectivity index (χ4n) is 4.49. The summed E-state index contributed by atoms with van der Waals surface area (Å²) in [5, 5.41) is 3.58. The molecule has 0 aliphatic carbocycles. The molecular weight excluding hydrogens is 384 g/mol. The van der Waals surface area contributed by atoms with Crippen LogP contribution in [0.25, 0.3) is 21.7 Å². The minimum absolute atomic E-state index is 0.255. The molecule has 4 nitrogen and oxygen atoms in total. The molecule has 0 atom stereocenters. The van der Waals surface area contributed by atoms with Crippen molar-refractivity contribution < 1.29 is 9.47 Å². The molecule has 0 amide bonds. The van der Waals surface area contributed by atoms with Gasteiger partial charge >= 0.3 is 0 Å². The summed E-state index contributed by atoms with van der Waals surface area (Å²) in [6.07, 6.45) is 2.34. The number of aryl methyl sites for hydroxylation is 1. The Morgan fingerprint density at radius 1 is 0.935 bits per heavy atom. The third kappa shape index (κ3) is 4.35. The second kappa shape index (κ2) is 8.56. The van der Waals surface area contributed by atoms with Crippen LogP contribution in [0.1, 0.15) is 24.1 Å². The summed E-state index contributed by atoms with van der Waals surface area (Å²) in [7, 11) is 1.71. The predicted molar refractivity (Wildman–Crippen MR) is 126 cm³/mol. The summed E-state index contributed by atoms with van der Waals surface area (Å²) in [4.78, 5) is 7.15. The minimum Gasteiger partial charge on any atom is -0.497 e. The molecule has 4 heteroatoms. The number of likely N-dealkylation sites (tertiary alicyclic amines) is 1. The van der Waals surface area contributed by atoms with Crippen molar-refractivity contribution in [3.05, 3.63) is 78.0 Å². The van der Waals surface area contributed by atoms with Crippen molar-refractivity contribution in [3.8, 4) is 11.5 Å². The van der Waals surface area contributed by atoms with Crippen molar-refractivity contribution in [3.63, 3.8) is 0 Å². The molecule has 31 heavy (non-hydrogen) atoms. The van der Waals surface area contributed by atoms with Crippen LogP contribution in [-0.4, -0.2) is 36.2 Å². The summed E-state index contributed by atoms with van der Waals surface area (Å²) in [5.74, 6) is 1.87. The number of rotatable bonds is 5. The number of hydrogen-bond donors (Lipinski definition) is 0. The molecule has 1 saturated heterocycles. The molecule has 0 saturated carbocycles. The molecule has 0 N–H and O–H groups in total. The van der Waals surface area contributed by atoms with E-state index in [0.29, 0.717) is 0 Å². The number of nitrogens with zero attached hydrogens (tertiary/aromatic N) is 2. The maximum absolute atomic E-state index is 6.45. The zero-order valence-corrected chi connectivity index (χ0v) is 18.2. The SMILES string of the molecule is COc1ccc2cc(CN3CCC(Oc4cc(C)nc5ccccc45)CC3)ccc2c1. The molecule has 1 aliphatic rings. The van der Waals surface area contributed by atoms with E-state index >= 15 is 0 Å². The van der Waals surface area contributed by atoms with E-state index in [2.05, 4.69) is 64.5 Å². The first kappa shape index (κ1) is 19.8. The molecule has 5 rings (SSSR count). The number of para-hydroxylation sites is 1. The van der Waals surface area contributed by atoms with Crippen molar-refractivity contribution in [1.82, 2.24) is 9.88 Å². The lowest BCUT2D eigenvalue weighted by molar-refractivity contribution is 0.0979. The Morgan fingerprint density at radius 2 is 1.71 bits per heavy atom. The first-order chi connectivity index (χ1) is 15.2. The van der Waals surface area contributed by atoms with Gasteiger partial charge in [0.15, 0.2) is 0 Å². The Labute approximate surface area is 183 Å². The maximum Gasteiger partial charge on any atom is 0.130 e. The number of piperidine rings is 1. The van der Waals surface area contributed by atoms with Crippen molar-refractivity contribution in [2.24, 2.45) is 0 Å². The van der Waals surface area contributed by atoms with Gasteiger partial charge in [-0.25, -0.2) is 0 Å². The second-order valence-electron chi connectivity index (χ2n) is 8.42. The summed E-state index contributed by atoms with van der Waals surface area (Å²) in [6, 6.07) is 23.3.